The van der Waals surface area contributed by atoms with Crippen LogP contribution in [0.2, 0.25) is 0 Å². The number of esters is 3. The van der Waals surface area contributed by atoms with Gasteiger partial charge in [-0.15, -0.1) is 0 Å². The summed E-state index contributed by atoms with van der Waals surface area (Å²) in [5.74, 6) is 0.0958. The van der Waals surface area contributed by atoms with Crippen LogP contribution in [0.25, 0.3) is 0 Å². The number of epoxide rings is 1. The number of methoxy groups -OCH3 is 1. The van der Waals surface area contributed by atoms with E-state index < -0.39 is 11.0 Å². The third-order valence-corrected chi connectivity index (χ3v) is 10.2. The summed E-state index contributed by atoms with van der Waals surface area (Å²) < 4.78 is 23.2. The zero-order valence-electron chi connectivity index (χ0n) is 19.8. The van der Waals surface area contributed by atoms with Crippen molar-refractivity contribution < 1.29 is 33.3 Å². The molecule has 4 aliphatic carbocycles. The van der Waals surface area contributed by atoms with Gasteiger partial charge < -0.3 is 18.9 Å². The van der Waals surface area contributed by atoms with Gasteiger partial charge in [-0.05, 0) is 68.1 Å². The first-order valence-electron chi connectivity index (χ1n) is 12.2. The van der Waals surface area contributed by atoms with Crippen LogP contribution in [0.4, 0.5) is 0 Å². The SMILES string of the molecule is COC(=O)[C@H]1C[C@@H]2O[C@@]23[C@@H]2CC[C@H]4C[C@@H](OC(C)=O)CC[C@]4(C)[C@H]2C[C@H](OC(C)=O)[C@]13C. The fourth-order valence-corrected chi connectivity index (χ4v) is 8.81. The Morgan fingerprint density at radius 1 is 0.906 bits per heavy atom. The molecule has 178 valence electrons. The van der Waals surface area contributed by atoms with Crippen LogP contribution in [-0.2, 0) is 33.3 Å². The molecule has 5 rings (SSSR count). The molecule has 0 aromatic carbocycles. The van der Waals surface area contributed by atoms with E-state index in [4.69, 9.17) is 18.9 Å². The summed E-state index contributed by atoms with van der Waals surface area (Å²) in [5.41, 5.74) is -0.917. The Morgan fingerprint density at radius 2 is 1.62 bits per heavy atom. The van der Waals surface area contributed by atoms with Crippen LogP contribution >= 0.6 is 0 Å². The lowest BCUT2D eigenvalue weighted by Crippen LogP contribution is -2.64. The van der Waals surface area contributed by atoms with Gasteiger partial charge in [0.05, 0.1) is 19.1 Å². The molecule has 1 heterocycles. The van der Waals surface area contributed by atoms with Crippen LogP contribution in [0.1, 0.15) is 72.6 Å². The predicted molar refractivity (Wildman–Crippen MR) is 113 cm³/mol. The lowest BCUT2D eigenvalue weighted by atomic mass is 9.43. The molecule has 5 fully saturated rings. The molecule has 0 radical (unpaired) electrons. The molecule has 5 aliphatic rings. The third-order valence-electron chi connectivity index (χ3n) is 10.2. The van der Waals surface area contributed by atoms with Gasteiger partial charge in [0.2, 0.25) is 0 Å². The maximum atomic E-state index is 12.8. The topological polar surface area (TPSA) is 91.4 Å². The average molecular weight is 449 g/mol. The molecule has 0 bridgehead atoms. The maximum Gasteiger partial charge on any atom is 0.309 e. The quantitative estimate of drug-likeness (QED) is 0.371. The highest BCUT2D eigenvalue weighted by Crippen LogP contribution is 2.76. The van der Waals surface area contributed by atoms with Crippen molar-refractivity contribution in [3.05, 3.63) is 0 Å². The van der Waals surface area contributed by atoms with Crippen LogP contribution in [0.5, 0.6) is 0 Å². The van der Waals surface area contributed by atoms with Crippen LogP contribution < -0.4 is 0 Å². The Labute approximate surface area is 189 Å². The predicted octanol–water partition coefficient (Wildman–Crippen LogP) is 3.42. The fourth-order valence-electron chi connectivity index (χ4n) is 8.81. The lowest BCUT2D eigenvalue weighted by molar-refractivity contribution is -0.212. The molecular formula is C25H36O7. The molecule has 4 saturated carbocycles. The number of carbonyl (C=O) groups is 3. The van der Waals surface area contributed by atoms with Crippen LogP contribution in [0.15, 0.2) is 0 Å². The van der Waals surface area contributed by atoms with Crippen molar-refractivity contribution in [2.24, 2.45) is 34.5 Å². The molecule has 0 aromatic heterocycles. The Kier molecular flexibility index (Phi) is 4.98. The summed E-state index contributed by atoms with van der Waals surface area (Å²) in [6.07, 6.45) is 5.90. The highest BCUT2D eigenvalue weighted by Gasteiger charge is 2.84. The summed E-state index contributed by atoms with van der Waals surface area (Å²) in [7, 11) is 1.43. The second-order valence-electron chi connectivity index (χ2n) is 11.3. The van der Waals surface area contributed by atoms with Gasteiger partial charge in [-0.3, -0.25) is 14.4 Å². The Morgan fingerprint density at radius 3 is 2.28 bits per heavy atom. The largest absolute Gasteiger partial charge is 0.469 e. The van der Waals surface area contributed by atoms with E-state index >= 15 is 0 Å². The van der Waals surface area contributed by atoms with Gasteiger partial charge in [0, 0.05) is 19.3 Å². The van der Waals surface area contributed by atoms with Crippen molar-refractivity contribution in [1.29, 1.82) is 0 Å². The molecule has 1 saturated heterocycles. The van der Waals surface area contributed by atoms with E-state index in [1.165, 1.54) is 21.0 Å². The van der Waals surface area contributed by atoms with E-state index in [1.807, 2.05) is 0 Å². The van der Waals surface area contributed by atoms with Gasteiger partial charge in [0.1, 0.15) is 17.8 Å². The lowest BCUT2D eigenvalue weighted by Gasteiger charge is -2.62. The molecule has 0 unspecified atom stereocenters. The van der Waals surface area contributed by atoms with Crippen molar-refractivity contribution in [2.75, 3.05) is 7.11 Å². The summed E-state index contributed by atoms with van der Waals surface area (Å²) in [5, 5.41) is 0. The first-order chi connectivity index (χ1) is 15.1. The van der Waals surface area contributed by atoms with E-state index in [9.17, 15) is 14.4 Å². The monoisotopic (exact) mass is 448 g/mol. The van der Waals surface area contributed by atoms with Crippen molar-refractivity contribution in [2.45, 2.75) is 96.6 Å². The Bertz CT molecular complexity index is 840. The molecule has 0 amide bonds. The van der Waals surface area contributed by atoms with Gasteiger partial charge >= 0.3 is 17.9 Å². The van der Waals surface area contributed by atoms with Gasteiger partial charge in [0.25, 0.3) is 0 Å². The summed E-state index contributed by atoms with van der Waals surface area (Å²) >= 11 is 0. The van der Waals surface area contributed by atoms with E-state index in [1.54, 1.807) is 0 Å². The van der Waals surface area contributed by atoms with Crippen molar-refractivity contribution in [1.82, 2.24) is 0 Å². The second-order valence-corrected chi connectivity index (χ2v) is 11.3. The maximum absolute atomic E-state index is 12.8. The molecule has 32 heavy (non-hydrogen) atoms. The van der Waals surface area contributed by atoms with Crippen molar-refractivity contribution >= 4 is 17.9 Å². The third kappa shape index (κ3) is 2.78. The molecule has 7 nitrogen and oxygen atoms in total. The minimum absolute atomic E-state index is 0.00137. The smallest absolute Gasteiger partial charge is 0.309 e. The van der Waals surface area contributed by atoms with E-state index in [0.29, 0.717) is 24.2 Å². The number of hydrogen-bond donors (Lipinski definition) is 0. The first-order valence-corrected chi connectivity index (χ1v) is 12.2. The number of rotatable bonds is 3. The summed E-state index contributed by atoms with van der Waals surface area (Å²) in [4.78, 5) is 36.5. The second kappa shape index (κ2) is 7.18. The minimum atomic E-state index is -0.574. The van der Waals surface area contributed by atoms with Gasteiger partial charge in [-0.2, -0.15) is 0 Å². The molecular weight excluding hydrogens is 412 g/mol. The number of fused-ring (bicyclic) bond motifs is 3. The molecule has 1 spiro atoms. The van der Waals surface area contributed by atoms with Gasteiger partial charge in [-0.25, -0.2) is 0 Å². The van der Waals surface area contributed by atoms with E-state index in [0.717, 1.165) is 38.5 Å². The van der Waals surface area contributed by atoms with Crippen LogP contribution in [0, 0.1) is 34.5 Å². The molecule has 0 N–H and O–H groups in total. The highest BCUT2D eigenvalue weighted by atomic mass is 16.6. The molecule has 1 aliphatic heterocycles. The van der Waals surface area contributed by atoms with E-state index in [2.05, 4.69) is 13.8 Å². The number of ether oxygens (including phenoxy) is 4. The minimum Gasteiger partial charge on any atom is -0.469 e. The number of hydrogen-bond acceptors (Lipinski definition) is 7. The van der Waals surface area contributed by atoms with Crippen LogP contribution in [-0.4, -0.2) is 48.9 Å². The molecule has 10 atom stereocenters. The molecule has 0 aromatic rings. The standard InChI is InChI=1S/C25H36O7/c1-13(26)30-16-8-9-23(3)15(10-16)6-7-17-18(23)11-20(31-14(2)27)24(4)19(22(28)29-5)12-21-25(17,24)32-21/h15-21H,6-12H2,1-5H3/t15-,16-,17+,18-,19+,20-,21-,23-,24-,25-/m0/s1. The summed E-state index contributed by atoms with van der Waals surface area (Å²) in [6, 6.07) is 0. The molecule has 7 heteroatoms. The Balaban J connectivity index is 1.49. The number of carbonyl (C=O) groups excluding carboxylic acids is 3. The van der Waals surface area contributed by atoms with Gasteiger partial charge in [-0.1, -0.05) is 13.8 Å². The Hall–Kier alpha value is -1.63. The zero-order valence-corrected chi connectivity index (χ0v) is 19.8. The normalized spacial score (nSPS) is 50.7. The highest BCUT2D eigenvalue weighted by molar-refractivity contribution is 5.75. The fraction of sp³-hybridized carbons (Fsp3) is 0.880. The van der Waals surface area contributed by atoms with Gasteiger partial charge in [0.15, 0.2) is 0 Å². The van der Waals surface area contributed by atoms with Crippen molar-refractivity contribution in [3.8, 4) is 0 Å². The van der Waals surface area contributed by atoms with Crippen LogP contribution in [0.3, 0.4) is 0 Å². The zero-order chi connectivity index (χ0) is 23.1. The summed E-state index contributed by atoms with van der Waals surface area (Å²) in [6.45, 7) is 7.41. The van der Waals surface area contributed by atoms with Crippen molar-refractivity contribution in [3.63, 3.8) is 0 Å². The average Bonchev–Trinajstić information content (AvgIpc) is 3.38. The van der Waals surface area contributed by atoms with E-state index in [-0.39, 0.29) is 47.6 Å². The first kappa shape index (κ1) is 22.2.